The van der Waals surface area contributed by atoms with E-state index in [-0.39, 0.29) is 12.3 Å². The summed E-state index contributed by atoms with van der Waals surface area (Å²) in [4.78, 5) is 10.9. The zero-order valence-electron chi connectivity index (χ0n) is 9.34. The van der Waals surface area contributed by atoms with Gasteiger partial charge in [0.25, 0.3) is 0 Å². The number of nitrogens with one attached hydrogen (secondary N) is 1. The van der Waals surface area contributed by atoms with Gasteiger partial charge in [0.15, 0.2) is 0 Å². The highest BCUT2D eigenvalue weighted by atomic mass is 35.5. The van der Waals surface area contributed by atoms with Gasteiger partial charge in [-0.1, -0.05) is 11.6 Å². The summed E-state index contributed by atoms with van der Waals surface area (Å²) >= 11 is 5.89. The first kappa shape index (κ1) is 12.8. The number of halogens is 1. The van der Waals surface area contributed by atoms with E-state index in [4.69, 9.17) is 22.2 Å². The van der Waals surface area contributed by atoms with Crippen molar-refractivity contribution in [3.05, 3.63) is 28.3 Å². The standard InChI is InChI=1S/C11H15ClN2O2/c1-7-5-9(12)6-8(2)11(7)16-4-3-10(15)14-13/h5-6H,3-4,13H2,1-2H3,(H,14,15). The first-order valence-electron chi connectivity index (χ1n) is 4.93. The number of amides is 1. The molecular formula is C11H15ClN2O2. The van der Waals surface area contributed by atoms with Crippen LogP contribution in [-0.4, -0.2) is 12.5 Å². The minimum Gasteiger partial charge on any atom is -0.493 e. The molecule has 0 saturated heterocycles. The van der Waals surface area contributed by atoms with Crippen LogP contribution in [0.1, 0.15) is 17.5 Å². The zero-order chi connectivity index (χ0) is 12.1. The molecule has 0 radical (unpaired) electrons. The van der Waals surface area contributed by atoms with Crippen LogP contribution in [0.4, 0.5) is 0 Å². The van der Waals surface area contributed by atoms with E-state index in [0.29, 0.717) is 11.6 Å². The molecular weight excluding hydrogens is 228 g/mol. The van der Waals surface area contributed by atoms with Crippen LogP contribution in [0.2, 0.25) is 5.02 Å². The molecule has 1 aromatic carbocycles. The minimum absolute atomic E-state index is 0.234. The van der Waals surface area contributed by atoms with Gasteiger partial charge in [0.05, 0.1) is 13.0 Å². The summed E-state index contributed by atoms with van der Waals surface area (Å²) in [5.74, 6) is 5.48. The first-order valence-corrected chi connectivity index (χ1v) is 5.31. The number of rotatable bonds is 4. The molecule has 0 atom stereocenters. The Labute approximate surface area is 99.7 Å². The quantitative estimate of drug-likeness (QED) is 0.480. The highest BCUT2D eigenvalue weighted by molar-refractivity contribution is 6.30. The van der Waals surface area contributed by atoms with Crippen LogP contribution in [0, 0.1) is 13.8 Å². The number of carbonyl (C=O) groups is 1. The second-order valence-corrected chi connectivity index (χ2v) is 3.97. The fourth-order valence-corrected chi connectivity index (χ4v) is 1.77. The SMILES string of the molecule is Cc1cc(Cl)cc(C)c1OCCC(=O)NN. The van der Waals surface area contributed by atoms with Gasteiger partial charge in [0.2, 0.25) is 5.91 Å². The molecule has 5 heteroatoms. The molecule has 0 aromatic heterocycles. The van der Waals surface area contributed by atoms with E-state index in [2.05, 4.69) is 0 Å². The zero-order valence-corrected chi connectivity index (χ0v) is 10.1. The Balaban J connectivity index is 2.64. The van der Waals surface area contributed by atoms with Gasteiger partial charge in [-0.25, -0.2) is 5.84 Å². The normalized spacial score (nSPS) is 10.0. The Kier molecular flexibility index (Phi) is 4.58. The summed E-state index contributed by atoms with van der Waals surface area (Å²) in [6.07, 6.45) is 0.234. The smallest absolute Gasteiger partial charge is 0.237 e. The molecule has 0 spiro atoms. The van der Waals surface area contributed by atoms with Crippen molar-refractivity contribution in [1.29, 1.82) is 0 Å². The number of benzene rings is 1. The molecule has 0 fully saturated rings. The minimum atomic E-state index is -0.246. The van der Waals surface area contributed by atoms with E-state index in [9.17, 15) is 4.79 Å². The average Bonchev–Trinajstić information content (AvgIpc) is 2.21. The number of hydrogen-bond acceptors (Lipinski definition) is 3. The Bertz CT molecular complexity index is 371. The number of nitrogens with two attached hydrogens (primary N) is 1. The van der Waals surface area contributed by atoms with Crippen molar-refractivity contribution in [1.82, 2.24) is 5.43 Å². The third-order valence-corrected chi connectivity index (χ3v) is 2.38. The number of aryl methyl sites for hydroxylation is 2. The van der Waals surface area contributed by atoms with Gasteiger partial charge in [-0.3, -0.25) is 10.2 Å². The number of carbonyl (C=O) groups excluding carboxylic acids is 1. The fourth-order valence-electron chi connectivity index (χ4n) is 1.44. The maximum Gasteiger partial charge on any atom is 0.237 e. The van der Waals surface area contributed by atoms with Crippen LogP contribution in [0.3, 0.4) is 0 Å². The van der Waals surface area contributed by atoms with Gasteiger partial charge < -0.3 is 4.74 Å². The predicted molar refractivity (Wildman–Crippen MR) is 63.4 cm³/mol. The van der Waals surface area contributed by atoms with Crippen molar-refractivity contribution in [3.8, 4) is 5.75 Å². The third kappa shape index (κ3) is 3.40. The molecule has 1 aromatic rings. The molecule has 1 rings (SSSR count). The molecule has 0 aliphatic rings. The lowest BCUT2D eigenvalue weighted by molar-refractivity contribution is -0.121. The Morgan fingerprint density at radius 1 is 1.44 bits per heavy atom. The number of ether oxygens (including phenoxy) is 1. The van der Waals surface area contributed by atoms with Crippen LogP contribution in [0.25, 0.3) is 0 Å². The van der Waals surface area contributed by atoms with Crippen molar-refractivity contribution in [2.24, 2.45) is 5.84 Å². The molecule has 0 saturated carbocycles. The second-order valence-electron chi connectivity index (χ2n) is 3.53. The van der Waals surface area contributed by atoms with Gasteiger partial charge >= 0.3 is 0 Å². The molecule has 4 nitrogen and oxygen atoms in total. The molecule has 88 valence electrons. The lowest BCUT2D eigenvalue weighted by atomic mass is 10.1. The summed E-state index contributed by atoms with van der Waals surface area (Å²) in [6, 6.07) is 3.65. The van der Waals surface area contributed by atoms with Gasteiger partial charge in [-0.05, 0) is 37.1 Å². The predicted octanol–water partition coefficient (Wildman–Crippen LogP) is 1.72. The summed E-state index contributed by atoms with van der Waals surface area (Å²) in [5.41, 5.74) is 3.96. The molecule has 0 unspecified atom stereocenters. The maximum atomic E-state index is 10.9. The van der Waals surface area contributed by atoms with Gasteiger partial charge in [0, 0.05) is 5.02 Å². The number of hydrazine groups is 1. The fraction of sp³-hybridized carbons (Fsp3) is 0.364. The molecule has 1 amide bonds. The van der Waals surface area contributed by atoms with Gasteiger partial charge in [-0.2, -0.15) is 0 Å². The third-order valence-electron chi connectivity index (χ3n) is 2.16. The van der Waals surface area contributed by atoms with Crippen molar-refractivity contribution in [2.45, 2.75) is 20.3 Å². The summed E-state index contributed by atoms with van der Waals surface area (Å²) in [7, 11) is 0. The average molecular weight is 243 g/mol. The van der Waals surface area contributed by atoms with Gasteiger partial charge in [-0.15, -0.1) is 0 Å². The monoisotopic (exact) mass is 242 g/mol. The highest BCUT2D eigenvalue weighted by Crippen LogP contribution is 2.26. The lowest BCUT2D eigenvalue weighted by Gasteiger charge is -2.12. The maximum absolute atomic E-state index is 10.9. The Morgan fingerprint density at radius 3 is 2.50 bits per heavy atom. The van der Waals surface area contributed by atoms with Crippen LogP contribution in [-0.2, 0) is 4.79 Å². The lowest BCUT2D eigenvalue weighted by Crippen LogP contribution is -2.31. The molecule has 0 bridgehead atoms. The van der Waals surface area contributed by atoms with E-state index in [1.807, 2.05) is 31.4 Å². The van der Waals surface area contributed by atoms with Crippen LogP contribution >= 0.6 is 11.6 Å². The van der Waals surface area contributed by atoms with E-state index in [0.717, 1.165) is 16.9 Å². The summed E-state index contributed by atoms with van der Waals surface area (Å²) in [6.45, 7) is 4.13. The molecule has 3 N–H and O–H groups in total. The van der Waals surface area contributed by atoms with E-state index in [1.54, 1.807) is 0 Å². The molecule has 0 aliphatic heterocycles. The van der Waals surface area contributed by atoms with Crippen molar-refractivity contribution >= 4 is 17.5 Å². The topological polar surface area (TPSA) is 64.3 Å². The largest absolute Gasteiger partial charge is 0.493 e. The Morgan fingerprint density at radius 2 is 2.00 bits per heavy atom. The first-order chi connectivity index (χ1) is 7.54. The summed E-state index contributed by atoms with van der Waals surface area (Å²) < 4.78 is 5.52. The summed E-state index contributed by atoms with van der Waals surface area (Å²) in [5, 5.41) is 0.682. The van der Waals surface area contributed by atoms with Crippen LogP contribution < -0.4 is 16.0 Å². The molecule has 16 heavy (non-hydrogen) atoms. The molecule has 0 heterocycles. The van der Waals surface area contributed by atoms with Crippen molar-refractivity contribution < 1.29 is 9.53 Å². The second kappa shape index (κ2) is 5.72. The van der Waals surface area contributed by atoms with Crippen molar-refractivity contribution in [2.75, 3.05) is 6.61 Å². The molecule has 0 aliphatic carbocycles. The van der Waals surface area contributed by atoms with Crippen LogP contribution in [0.15, 0.2) is 12.1 Å². The highest BCUT2D eigenvalue weighted by Gasteiger charge is 2.06. The van der Waals surface area contributed by atoms with E-state index >= 15 is 0 Å². The number of hydrogen-bond donors (Lipinski definition) is 2. The van der Waals surface area contributed by atoms with Crippen LogP contribution in [0.5, 0.6) is 5.75 Å². The van der Waals surface area contributed by atoms with E-state index in [1.165, 1.54) is 0 Å². The Hall–Kier alpha value is -1.26. The van der Waals surface area contributed by atoms with Gasteiger partial charge in [0.1, 0.15) is 5.75 Å². The van der Waals surface area contributed by atoms with E-state index < -0.39 is 0 Å². The van der Waals surface area contributed by atoms with Crippen molar-refractivity contribution in [3.63, 3.8) is 0 Å².